The Balaban J connectivity index is 1.29. The van der Waals surface area contributed by atoms with Gasteiger partial charge in [-0.25, -0.2) is 21.1 Å². The average Bonchev–Trinajstić information content (AvgIpc) is 3.14. The van der Waals surface area contributed by atoms with E-state index in [2.05, 4.69) is 4.90 Å². The Morgan fingerprint density at radius 3 is 2.29 bits per heavy atom. The first-order valence-electron chi connectivity index (χ1n) is 12.9. The Morgan fingerprint density at radius 2 is 1.58 bits per heavy atom. The molecule has 1 fully saturated rings. The third kappa shape index (κ3) is 5.29. The average molecular weight is 573 g/mol. The van der Waals surface area contributed by atoms with Gasteiger partial charge in [0.15, 0.2) is 9.84 Å². The Bertz CT molecular complexity index is 1500. The van der Waals surface area contributed by atoms with Crippen LogP contribution < -0.4 is 0 Å². The first kappa shape index (κ1) is 27.3. The lowest BCUT2D eigenvalue weighted by molar-refractivity contribution is 0.165. The van der Waals surface area contributed by atoms with Gasteiger partial charge in [-0.3, -0.25) is 0 Å². The fourth-order valence-electron chi connectivity index (χ4n) is 5.98. The lowest BCUT2D eigenvalue weighted by Crippen LogP contribution is -2.44. The maximum absolute atomic E-state index is 13.2. The molecular formula is C29H33ClN2O4S2. The highest BCUT2D eigenvalue weighted by Gasteiger charge is 2.48. The van der Waals surface area contributed by atoms with Gasteiger partial charge < -0.3 is 4.90 Å². The normalized spacial score (nSPS) is 19.4. The van der Waals surface area contributed by atoms with Crippen molar-refractivity contribution in [2.75, 3.05) is 39.0 Å². The molecule has 2 heterocycles. The zero-order chi connectivity index (χ0) is 27.0. The van der Waals surface area contributed by atoms with Crippen molar-refractivity contribution in [3.63, 3.8) is 0 Å². The molecule has 0 radical (unpaired) electrons. The van der Waals surface area contributed by atoms with Crippen LogP contribution in [0.1, 0.15) is 36.3 Å². The van der Waals surface area contributed by atoms with Gasteiger partial charge in [0.2, 0.25) is 10.0 Å². The number of rotatable bonds is 8. The highest BCUT2D eigenvalue weighted by Crippen LogP contribution is 2.46. The van der Waals surface area contributed by atoms with Gasteiger partial charge in [0, 0.05) is 29.9 Å². The van der Waals surface area contributed by atoms with Gasteiger partial charge in [0.1, 0.15) is 0 Å². The Morgan fingerprint density at radius 1 is 0.947 bits per heavy atom. The van der Waals surface area contributed by atoms with Gasteiger partial charge in [0.25, 0.3) is 0 Å². The van der Waals surface area contributed by atoms with Crippen molar-refractivity contribution < 1.29 is 16.8 Å². The number of benzene rings is 3. The van der Waals surface area contributed by atoms with Crippen LogP contribution in [0.2, 0.25) is 5.02 Å². The van der Waals surface area contributed by atoms with Gasteiger partial charge in [-0.1, -0.05) is 66.2 Å². The topological polar surface area (TPSA) is 74.8 Å². The first-order chi connectivity index (χ1) is 18.1. The van der Waals surface area contributed by atoms with Crippen molar-refractivity contribution in [2.24, 2.45) is 0 Å². The molecule has 0 unspecified atom stereocenters. The van der Waals surface area contributed by atoms with Gasteiger partial charge >= 0.3 is 0 Å². The van der Waals surface area contributed by atoms with E-state index in [-0.39, 0.29) is 22.0 Å². The second kappa shape index (κ2) is 10.7. The number of likely N-dealkylation sites (tertiary alicyclic amines) is 1. The summed E-state index contributed by atoms with van der Waals surface area (Å²) in [5.74, 6) is 0.105. The SMILES string of the molecule is CN(C[C@H](CCN1CCC2(CC1)CS(=O)(=O)c1ccccc12)c1ccccc1Cl)S(=O)(=O)c1ccccc1. The summed E-state index contributed by atoms with van der Waals surface area (Å²) >= 11 is 6.57. The number of nitrogens with zero attached hydrogens (tertiary/aromatic N) is 2. The molecule has 6 nitrogen and oxygen atoms in total. The number of sulfone groups is 1. The predicted molar refractivity (Wildman–Crippen MR) is 151 cm³/mol. The van der Waals surface area contributed by atoms with Crippen LogP contribution in [0.3, 0.4) is 0 Å². The monoisotopic (exact) mass is 572 g/mol. The molecule has 0 aromatic heterocycles. The van der Waals surface area contributed by atoms with Gasteiger partial charge in [-0.05, 0) is 74.3 Å². The Kier molecular flexibility index (Phi) is 7.73. The number of hydrogen-bond donors (Lipinski definition) is 0. The molecule has 9 heteroatoms. The summed E-state index contributed by atoms with van der Waals surface area (Å²) in [5, 5.41) is 0.633. The van der Waals surface area contributed by atoms with Crippen LogP contribution in [0.15, 0.2) is 88.7 Å². The molecule has 5 rings (SSSR count). The second-order valence-corrected chi connectivity index (χ2v) is 14.9. The minimum Gasteiger partial charge on any atom is -0.303 e. The number of likely N-dealkylation sites (N-methyl/N-ethyl adjacent to an activating group) is 1. The molecule has 38 heavy (non-hydrogen) atoms. The van der Waals surface area contributed by atoms with E-state index in [1.165, 1.54) is 4.31 Å². The molecule has 3 aromatic rings. The molecule has 0 aliphatic carbocycles. The van der Waals surface area contributed by atoms with E-state index in [0.29, 0.717) is 16.5 Å². The van der Waals surface area contributed by atoms with Crippen molar-refractivity contribution in [3.05, 3.63) is 95.0 Å². The first-order valence-corrected chi connectivity index (χ1v) is 16.4. The summed E-state index contributed by atoms with van der Waals surface area (Å²) in [6, 6.07) is 23.6. The minimum absolute atomic E-state index is 0.0874. The number of piperidine rings is 1. The summed E-state index contributed by atoms with van der Waals surface area (Å²) in [6.45, 7) is 2.69. The summed E-state index contributed by atoms with van der Waals surface area (Å²) in [4.78, 5) is 3.14. The van der Waals surface area contributed by atoms with E-state index in [4.69, 9.17) is 11.6 Å². The van der Waals surface area contributed by atoms with Crippen molar-refractivity contribution >= 4 is 31.5 Å². The van der Waals surface area contributed by atoms with Crippen LogP contribution in [0.5, 0.6) is 0 Å². The van der Waals surface area contributed by atoms with E-state index in [1.807, 2.05) is 36.4 Å². The molecule has 202 valence electrons. The summed E-state index contributed by atoms with van der Waals surface area (Å²) in [6.07, 6.45) is 2.32. The number of sulfonamides is 1. The molecule has 1 spiro atoms. The third-order valence-electron chi connectivity index (χ3n) is 8.14. The van der Waals surface area contributed by atoms with Gasteiger partial charge in [-0.2, -0.15) is 0 Å². The molecule has 0 bridgehead atoms. The number of fused-ring (bicyclic) bond motifs is 2. The minimum atomic E-state index is -3.63. The molecule has 2 aliphatic rings. The molecule has 3 aromatic carbocycles. The molecule has 0 saturated carbocycles. The zero-order valence-electron chi connectivity index (χ0n) is 21.5. The summed E-state index contributed by atoms with van der Waals surface area (Å²) in [5.41, 5.74) is 1.60. The molecule has 0 amide bonds. The number of halogens is 1. The van der Waals surface area contributed by atoms with Crippen molar-refractivity contribution in [1.82, 2.24) is 9.21 Å². The van der Waals surface area contributed by atoms with Gasteiger partial charge in [-0.15, -0.1) is 0 Å². The quantitative estimate of drug-likeness (QED) is 0.381. The highest BCUT2D eigenvalue weighted by atomic mass is 35.5. The lowest BCUT2D eigenvalue weighted by Gasteiger charge is -2.40. The Hall–Kier alpha value is -2.23. The van der Waals surface area contributed by atoms with E-state index in [9.17, 15) is 16.8 Å². The fraction of sp³-hybridized carbons (Fsp3) is 0.379. The highest BCUT2D eigenvalue weighted by molar-refractivity contribution is 7.91. The van der Waals surface area contributed by atoms with Crippen LogP contribution in [-0.2, 0) is 25.3 Å². The van der Waals surface area contributed by atoms with Crippen molar-refractivity contribution in [3.8, 4) is 0 Å². The molecular weight excluding hydrogens is 540 g/mol. The smallest absolute Gasteiger partial charge is 0.242 e. The zero-order valence-corrected chi connectivity index (χ0v) is 23.9. The van der Waals surface area contributed by atoms with Crippen LogP contribution in [-0.4, -0.2) is 65.0 Å². The molecule has 1 atom stereocenters. The Labute approximate surface area is 231 Å². The molecule has 1 saturated heterocycles. The predicted octanol–water partition coefficient (Wildman–Crippen LogP) is 4.96. The summed E-state index contributed by atoms with van der Waals surface area (Å²) < 4.78 is 53.5. The van der Waals surface area contributed by atoms with Gasteiger partial charge in [0.05, 0.1) is 15.5 Å². The van der Waals surface area contributed by atoms with Crippen molar-refractivity contribution in [1.29, 1.82) is 0 Å². The van der Waals surface area contributed by atoms with E-state index >= 15 is 0 Å². The lowest BCUT2D eigenvalue weighted by atomic mass is 9.74. The van der Waals surface area contributed by atoms with Crippen LogP contribution in [0.25, 0.3) is 0 Å². The van der Waals surface area contributed by atoms with Crippen LogP contribution >= 0.6 is 11.6 Å². The largest absolute Gasteiger partial charge is 0.303 e. The van der Waals surface area contributed by atoms with Crippen LogP contribution in [0.4, 0.5) is 0 Å². The van der Waals surface area contributed by atoms with Crippen LogP contribution in [0, 0.1) is 0 Å². The summed E-state index contributed by atoms with van der Waals surface area (Å²) in [7, 11) is -5.26. The van der Waals surface area contributed by atoms with Crippen molar-refractivity contribution in [2.45, 2.75) is 40.4 Å². The molecule has 2 aliphatic heterocycles. The fourth-order valence-corrected chi connectivity index (χ4v) is 9.74. The maximum atomic E-state index is 13.2. The molecule has 0 N–H and O–H groups in total. The maximum Gasteiger partial charge on any atom is 0.242 e. The number of hydrogen-bond acceptors (Lipinski definition) is 5. The standard InChI is InChI=1S/C29H33ClN2O4S2/c1-31(38(35,36)24-9-3-2-4-10-24)21-23(25-11-5-7-13-27(25)30)15-18-32-19-16-29(17-20-32)22-37(33,34)28-14-8-6-12-26(28)29/h2-14,23H,15-22H2,1H3/t23-/m0/s1. The third-order valence-corrected chi connectivity index (χ3v) is 12.3. The second-order valence-electron chi connectivity index (χ2n) is 10.5. The van der Waals surface area contributed by atoms with E-state index in [0.717, 1.165) is 50.0 Å². The van der Waals surface area contributed by atoms with E-state index in [1.54, 1.807) is 49.5 Å². The van der Waals surface area contributed by atoms with E-state index < -0.39 is 19.9 Å².